The Hall–Kier alpha value is -2.97. The summed E-state index contributed by atoms with van der Waals surface area (Å²) in [4.78, 5) is 30.3. The molecule has 32 heavy (non-hydrogen) atoms. The van der Waals surface area contributed by atoms with E-state index in [1.165, 1.54) is 46.4 Å². The summed E-state index contributed by atoms with van der Waals surface area (Å²) >= 11 is 2.57. The number of thiophene rings is 1. The van der Waals surface area contributed by atoms with Crippen molar-refractivity contribution in [3.8, 4) is 0 Å². The van der Waals surface area contributed by atoms with Crippen molar-refractivity contribution in [3.63, 3.8) is 0 Å². The van der Waals surface area contributed by atoms with Crippen molar-refractivity contribution in [2.45, 2.75) is 31.0 Å². The summed E-state index contributed by atoms with van der Waals surface area (Å²) in [6, 6.07) is 13.9. The molecule has 0 spiro atoms. The molecule has 0 fully saturated rings. The van der Waals surface area contributed by atoms with Crippen molar-refractivity contribution in [3.05, 3.63) is 86.8 Å². The van der Waals surface area contributed by atoms with Gasteiger partial charge >= 0.3 is 0 Å². The Morgan fingerprint density at radius 2 is 1.94 bits per heavy atom. The lowest BCUT2D eigenvalue weighted by atomic mass is 10.1. The van der Waals surface area contributed by atoms with Gasteiger partial charge in [0.25, 0.3) is 5.56 Å². The third-order valence-electron chi connectivity index (χ3n) is 5.50. The van der Waals surface area contributed by atoms with E-state index in [4.69, 9.17) is 0 Å². The Bertz CT molecular complexity index is 1360. The van der Waals surface area contributed by atoms with Gasteiger partial charge in [-0.15, -0.1) is 11.3 Å². The van der Waals surface area contributed by atoms with Crippen LogP contribution < -0.4 is 10.9 Å². The lowest BCUT2D eigenvalue weighted by Gasteiger charge is -2.12. The van der Waals surface area contributed by atoms with Crippen LogP contribution in [0.3, 0.4) is 0 Å². The number of fused-ring (bicyclic) bond motifs is 2. The SMILES string of the molecule is O=C(CSc1nc2ccsc2c(=O)n1Cc1ccc(F)cc1)Nc1ccc2c(c1)CCC2. The summed E-state index contributed by atoms with van der Waals surface area (Å²) in [6.07, 6.45) is 3.31. The molecule has 0 unspecified atom stereocenters. The molecule has 2 heterocycles. The number of aryl methyl sites for hydroxylation is 2. The van der Waals surface area contributed by atoms with Crippen LogP contribution in [0.25, 0.3) is 10.2 Å². The molecule has 4 aromatic rings. The molecule has 1 amide bonds. The van der Waals surface area contributed by atoms with Gasteiger partial charge in [0.05, 0.1) is 17.8 Å². The lowest BCUT2D eigenvalue weighted by molar-refractivity contribution is -0.113. The maximum atomic E-state index is 13.3. The summed E-state index contributed by atoms with van der Waals surface area (Å²) in [5, 5.41) is 5.25. The highest BCUT2D eigenvalue weighted by atomic mass is 32.2. The molecular formula is C24H20FN3O2S2. The molecule has 1 aliphatic rings. The average Bonchev–Trinajstić information content (AvgIpc) is 3.45. The number of amides is 1. The molecule has 8 heteroatoms. The van der Waals surface area contributed by atoms with Gasteiger partial charge in [0, 0.05) is 5.69 Å². The fraction of sp³-hybridized carbons (Fsp3) is 0.208. The molecular weight excluding hydrogens is 445 g/mol. The summed E-state index contributed by atoms with van der Waals surface area (Å²) in [5.41, 5.74) is 4.70. The molecule has 5 rings (SSSR count). The molecule has 162 valence electrons. The van der Waals surface area contributed by atoms with Crippen LogP contribution in [-0.4, -0.2) is 21.2 Å². The second kappa shape index (κ2) is 8.88. The second-order valence-corrected chi connectivity index (χ2v) is 9.58. The summed E-state index contributed by atoms with van der Waals surface area (Å²) in [7, 11) is 0. The minimum atomic E-state index is -0.328. The Labute approximate surface area is 192 Å². The predicted molar refractivity (Wildman–Crippen MR) is 127 cm³/mol. The van der Waals surface area contributed by atoms with Crippen molar-refractivity contribution >= 4 is 44.9 Å². The van der Waals surface area contributed by atoms with Crippen molar-refractivity contribution in [2.75, 3.05) is 11.1 Å². The fourth-order valence-electron chi connectivity index (χ4n) is 3.92. The van der Waals surface area contributed by atoms with Gasteiger partial charge < -0.3 is 5.32 Å². The van der Waals surface area contributed by atoms with Crippen molar-refractivity contribution < 1.29 is 9.18 Å². The van der Waals surface area contributed by atoms with E-state index in [0.29, 0.717) is 15.4 Å². The van der Waals surface area contributed by atoms with Crippen LogP contribution in [0.15, 0.2) is 63.9 Å². The minimum absolute atomic E-state index is 0.128. The van der Waals surface area contributed by atoms with Gasteiger partial charge in [0.2, 0.25) is 5.91 Å². The van der Waals surface area contributed by atoms with Gasteiger partial charge in [0.15, 0.2) is 5.16 Å². The number of aromatic nitrogens is 2. The molecule has 0 saturated heterocycles. The number of carbonyl (C=O) groups is 1. The number of hydrogen-bond acceptors (Lipinski definition) is 5. The van der Waals surface area contributed by atoms with E-state index in [0.717, 1.165) is 30.5 Å². The first kappa shape index (κ1) is 20.9. The first-order chi connectivity index (χ1) is 15.6. The highest BCUT2D eigenvalue weighted by Crippen LogP contribution is 2.26. The Balaban J connectivity index is 1.36. The van der Waals surface area contributed by atoms with Crippen molar-refractivity contribution in [1.82, 2.24) is 9.55 Å². The van der Waals surface area contributed by atoms with Gasteiger partial charge in [-0.2, -0.15) is 0 Å². The number of rotatable bonds is 6. The van der Waals surface area contributed by atoms with E-state index >= 15 is 0 Å². The summed E-state index contributed by atoms with van der Waals surface area (Å²) in [5.74, 6) is -0.352. The van der Waals surface area contributed by atoms with Gasteiger partial charge in [-0.1, -0.05) is 30.0 Å². The topological polar surface area (TPSA) is 64.0 Å². The van der Waals surface area contributed by atoms with Gasteiger partial charge in [-0.3, -0.25) is 14.2 Å². The predicted octanol–water partition coefficient (Wildman–Crippen LogP) is 4.86. The minimum Gasteiger partial charge on any atom is -0.325 e. The molecule has 5 nitrogen and oxygen atoms in total. The Morgan fingerprint density at radius 3 is 2.78 bits per heavy atom. The second-order valence-electron chi connectivity index (χ2n) is 7.72. The number of thioether (sulfide) groups is 1. The first-order valence-corrected chi connectivity index (χ1v) is 12.2. The van der Waals surface area contributed by atoms with Crippen LogP contribution in [0.1, 0.15) is 23.1 Å². The van der Waals surface area contributed by atoms with Gasteiger partial charge in [-0.25, -0.2) is 9.37 Å². The van der Waals surface area contributed by atoms with Crippen molar-refractivity contribution in [1.29, 1.82) is 0 Å². The average molecular weight is 466 g/mol. The summed E-state index contributed by atoms with van der Waals surface area (Å²) in [6.45, 7) is 0.259. The maximum absolute atomic E-state index is 13.3. The Kier molecular flexibility index (Phi) is 5.80. The number of anilines is 1. The molecule has 0 bridgehead atoms. The van der Waals surface area contributed by atoms with E-state index in [-0.39, 0.29) is 29.6 Å². The number of carbonyl (C=O) groups excluding carboxylic acids is 1. The van der Waals surface area contributed by atoms with E-state index in [1.807, 2.05) is 17.5 Å². The van der Waals surface area contributed by atoms with Crippen LogP contribution in [0.5, 0.6) is 0 Å². The zero-order valence-electron chi connectivity index (χ0n) is 17.1. The maximum Gasteiger partial charge on any atom is 0.272 e. The quantitative estimate of drug-likeness (QED) is 0.326. The third-order valence-corrected chi connectivity index (χ3v) is 7.37. The van der Waals surface area contributed by atoms with E-state index in [1.54, 1.807) is 22.8 Å². The van der Waals surface area contributed by atoms with Gasteiger partial charge in [-0.05, 0) is 71.7 Å². The molecule has 2 aromatic heterocycles. The molecule has 0 radical (unpaired) electrons. The molecule has 2 aromatic carbocycles. The molecule has 1 N–H and O–H groups in total. The van der Waals surface area contributed by atoms with Crippen LogP contribution in [0.4, 0.5) is 10.1 Å². The number of nitrogens with one attached hydrogen (secondary N) is 1. The highest BCUT2D eigenvalue weighted by molar-refractivity contribution is 7.99. The molecule has 0 saturated carbocycles. The monoisotopic (exact) mass is 465 g/mol. The van der Waals surface area contributed by atoms with Crippen LogP contribution in [0.2, 0.25) is 0 Å². The smallest absolute Gasteiger partial charge is 0.272 e. The van der Waals surface area contributed by atoms with Crippen LogP contribution in [-0.2, 0) is 24.2 Å². The fourth-order valence-corrected chi connectivity index (χ4v) is 5.50. The first-order valence-electron chi connectivity index (χ1n) is 10.3. The molecule has 0 aliphatic heterocycles. The van der Waals surface area contributed by atoms with Crippen LogP contribution >= 0.6 is 23.1 Å². The van der Waals surface area contributed by atoms with Crippen LogP contribution in [0, 0.1) is 5.82 Å². The number of nitrogens with zero attached hydrogens (tertiary/aromatic N) is 2. The zero-order chi connectivity index (χ0) is 22.1. The van der Waals surface area contributed by atoms with E-state index in [9.17, 15) is 14.0 Å². The normalized spacial score (nSPS) is 12.8. The number of halogens is 1. The number of hydrogen-bond donors (Lipinski definition) is 1. The number of benzene rings is 2. The van der Waals surface area contributed by atoms with Crippen molar-refractivity contribution in [2.24, 2.45) is 0 Å². The van der Waals surface area contributed by atoms with E-state index in [2.05, 4.69) is 16.4 Å². The lowest BCUT2D eigenvalue weighted by Crippen LogP contribution is -2.24. The molecule has 0 atom stereocenters. The zero-order valence-corrected chi connectivity index (χ0v) is 18.8. The summed E-state index contributed by atoms with van der Waals surface area (Å²) < 4.78 is 15.4. The molecule has 1 aliphatic carbocycles. The van der Waals surface area contributed by atoms with E-state index < -0.39 is 0 Å². The van der Waals surface area contributed by atoms with Gasteiger partial charge in [0.1, 0.15) is 10.5 Å². The Morgan fingerprint density at radius 1 is 1.12 bits per heavy atom. The third kappa shape index (κ3) is 4.33. The standard InChI is InChI=1S/C24H20FN3O2S2/c25-18-7-4-15(5-8-18)13-28-23(30)22-20(10-11-31-22)27-24(28)32-14-21(29)26-19-9-6-16-2-1-3-17(16)12-19/h4-12H,1-3,13-14H2,(H,26,29). The largest absolute Gasteiger partial charge is 0.325 e. The highest BCUT2D eigenvalue weighted by Gasteiger charge is 2.16.